The molecule has 98 valence electrons. The van der Waals surface area contributed by atoms with Gasteiger partial charge in [-0.3, -0.25) is 4.79 Å². The van der Waals surface area contributed by atoms with E-state index in [0.717, 1.165) is 5.56 Å². The van der Waals surface area contributed by atoms with Crippen LogP contribution in [0.1, 0.15) is 21.6 Å². The van der Waals surface area contributed by atoms with Gasteiger partial charge in [0.05, 0.1) is 0 Å². The number of aryl methyl sites for hydroxylation is 1. The Morgan fingerprint density at radius 1 is 1.16 bits per heavy atom. The minimum atomic E-state index is -0.169. The molecule has 0 saturated carbocycles. The molecular formula is C15H17N3O. The fourth-order valence-electron chi connectivity index (χ4n) is 1.68. The normalized spacial score (nSPS) is 10.0. The van der Waals surface area contributed by atoms with Crippen LogP contribution in [0.5, 0.6) is 0 Å². The van der Waals surface area contributed by atoms with Gasteiger partial charge >= 0.3 is 0 Å². The maximum absolute atomic E-state index is 12.0. The van der Waals surface area contributed by atoms with Gasteiger partial charge in [0, 0.05) is 13.6 Å². The predicted molar refractivity (Wildman–Crippen MR) is 76.1 cm³/mol. The molecule has 4 nitrogen and oxygen atoms in total. The molecule has 1 heterocycles. The number of benzene rings is 1. The summed E-state index contributed by atoms with van der Waals surface area (Å²) in [6, 6.07) is 13.4. The third-order valence-electron chi connectivity index (χ3n) is 2.81. The van der Waals surface area contributed by atoms with E-state index in [-0.39, 0.29) is 5.91 Å². The first-order valence-corrected chi connectivity index (χ1v) is 6.17. The van der Waals surface area contributed by atoms with Crippen molar-refractivity contribution in [3.05, 3.63) is 59.3 Å². The van der Waals surface area contributed by atoms with E-state index in [1.165, 1.54) is 5.56 Å². The first-order valence-electron chi connectivity index (χ1n) is 6.17. The summed E-state index contributed by atoms with van der Waals surface area (Å²) in [5.41, 5.74) is 2.70. The molecule has 0 radical (unpaired) electrons. The fourth-order valence-corrected chi connectivity index (χ4v) is 1.68. The molecule has 19 heavy (non-hydrogen) atoms. The first-order chi connectivity index (χ1) is 9.19. The second-order valence-corrected chi connectivity index (χ2v) is 4.33. The number of nitrogens with zero attached hydrogens (tertiary/aromatic N) is 1. The summed E-state index contributed by atoms with van der Waals surface area (Å²) in [5, 5.41) is 5.77. The standard InChI is InChI=1S/C15H17N3O/c1-11-6-8-12(9-7-11)10-17-15(19)13-4-3-5-14(16-2)18-13/h3-9H,10H2,1-2H3,(H,16,18)(H,17,19). The van der Waals surface area contributed by atoms with Gasteiger partial charge < -0.3 is 10.6 Å². The van der Waals surface area contributed by atoms with Gasteiger partial charge in [0.25, 0.3) is 5.91 Å². The van der Waals surface area contributed by atoms with E-state index < -0.39 is 0 Å². The van der Waals surface area contributed by atoms with Crippen LogP contribution in [0.4, 0.5) is 5.82 Å². The molecule has 0 spiro atoms. The molecule has 0 unspecified atom stereocenters. The molecule has 4 heteroatoms. The number of hydrogen-bond acceptors (Lipinski definition) is 3. The van der Waals surface area contributed by atoms with E-state index in [2.05, 4.69) is 15.6 Å². The van der Waals surface area contributed by atoms with Crippen LogP contribution in [0.3, 0.4) is 0 Å². The second kappa shape index (κ2) is 6.00. The molecule has 0 aliphatic heterocycles. The summed E-state index contributed by atoms with van der Waals surface area (Å²) in [6.45, 7) is 2.54. The predicted octanol–water partition coefficient (Wildman–Crippen LogP) is 2.36. The van der Waals surface area contributed by atoms with Crippen LogP contribution in [0, 0.1) is 6.92 Å². The van der Waals surface area contributed by atoms with Crippen LogP contribution >= 0.6 is 0 Å². The van der Waals surface area contributed by atoms with Gasteiger partial charge in [0.1, 0.15) is 11.5 Å². The van der Waals surface area contributed by atoms with Crippen molar-refractivity contribution in [1.82, 2.24) is 10.3 Å². The maximum Gasteiger partial charge on any atom is 0.270 e. The van der Waals surface area contributed by atoms with E-state index >= 15 is 0 Å². The molecule has 2 aromatic rings. The lowest BCUT2D eigenvalue weighted by atomic mass is 10.1. The Hall–Kier alpha value is -2.36. The molecule has 0 fully saturated rings. The summed E-state index contributed by atoms with van der Waals surface area (Å²) in [6.07, 6.45) is 0. The number of carbonyl (C=O) groups excluding carboxylic acids is 1. The van der Waals surface area contributed by atoms with Gasteiger partial charge in [0.15, 0.2) is 0 Å². The molecule has 0 bridgehead atoms. The minimum absolute atomic E-state index is 0.169. The van der Waals surface area contributed by atoms with Gasteiger partial charge in [-0.1, -0.05) is 35.9 Å². The Balaban J connectivity index is 1.99. The van der Waals surface area contributed by atoms with E-state index in [1.807, 2.05) is 37.3 Å². The van der Waals surface area contributed by atoms with Crippen LogP contribution < -0.4 is 10.6 Å². The van der Waals surface area contributed by atoms with Gasteiger partial charge in [-0.15, -0.1) is 0 Å². The largest absolute Gasteiger partial charge is 0.373 e. The van der Waals surface area contributed by atoms with Gasteiger partial charge in [-0.25, -0.2) is 4.98 Å². The highest BCUT2D eigenvalue weighted by Gasteiger charge is 2.07. The number of hydrogen-bond donors (Lipinski definition) is 2. The van der Waals surface area contributed by atoms with Gasteiger partial charge in [-0.2, -0.15) is 0 Å². The van der Waals surface area contributed by atoms with Crippen molar-refractivity contribution in [2.45, 2.75) is 13.5 Å². The number of anilines is 1. The van der Waals surface area contributed by atoms with Crippen molar-refractivity contribution in [3.8, 4) is 0 Å². The lowest BCUT2D eigenvalue weighted by molar-refractivity contribution is 0.0946. The first kappa shape index (κ1) is 13.1. The maximum atomic E-state index is 12.0. The van der Waals surface area contributed by atoms with E-state index in [4.69, 9.17) is 0 Å². The Bertz CT molecular complexity index is 564. The van der Waals surface area contributed by atoms with Crippen LogP contribution in [0.25, 0.3) is 0 Å². The van der Waals surface area contributed by atoms with E-state index in [9.17, 15) is 4.79 Å². The number of amides is 1. The zero-order valence-corrected chi connectivity index (χ0v) is 11.1. The lowest BCUT2D eigenvalue weighted by Crippen LogP contribution is -2.23. The van der Waals surface area contributed by atoms with Crippen molar-refractivity contribution < 1.29 is 4.79 Å². The summed E-state index contributed by atoms with van der Waals surface area (Å²) >= 11 is 0. The Morgan fingerprint density at radius 3 is 2.58 bits per heavy atom. The number of carbonyl (C=O) groups is 1. The third-order valence-corrected chi connectivity index (χ3v) is 2.81. The minimum Gasteiger partial charge on any atom is -0.373 e. The molecule has 1 aromatic heterocycles. The Kier molecular flexibility index (Phi) is 4.13. The van der Waals surface area contributed by atoms with Gasteiger partial charge in [0.2, 0.25) is 0 Å². The highest BCUT2D eigenvalue weighted by atomic mass is 16.1. The van der Waals surface area contributed by atoms with Crippen molar-refractivity contribution in [2.24, 2.45) is 0 Å². The average molecular weight is 255 g/mol. The van der Waals surface area contributed by atoms with Crippen LogP contribution in [0.15, 0.2) is 42.5 Å². The molecule has 0 atom stereocenters. The lowest BCUT2D eigenvalue weighted by Gasteiger charge is -2.06. The molecule has 1 aromatic carbocycles. The SMILES string of the molecule is CNc1cccc(C(=O)NCc2ccc(C)cc2)n1. The number of rotatable bonds is 4. The quantitative estimate of drug-likeness (QED) is 0.881. The van der Waals surface area contributed by atoms with E-state index in [1.54, 1.807) is 19.2 Å². The van der Waals surface area contributed by atoms with E-state index in [0.29, 0.717) is 18.1 Å². The van der Waals surface area contributed by atoms with Crippen LogP contribution in [-0.4, -0.2) is 17.9 Å². The topological polar surface area (TPSA) is 54.0 Å². The Morgan fingerprint density at radius 2 is 1.89 bits per heavy atom. The highest BCUT2D eigenvalue weighted by molar-refractivity contribution is 5.92. The Labute approximate surface area is 112 Å². The van der Waals surface area contributed by atoms with Crippen LogP contribution in [-0.2, 0) is 6.54 Å². The summed E-state index contributed by atoms with van der Waals surface area (Å²) < 4.78 is 0. The summed E-state index contributed by atoms with van der Waals surface area (Å²) in [5.74, 6) is 0.515. The van der Waals surface area contributed by atoms with Crippen molar-refractivity contribution in [3.63, 3.8) is 0 Å². The third kappa shape index (κ3) is 3.55. The number of nitrogens with one attached hydrogen (secondary N) is 2. The van der Waals surface area contributed by atoms with Crippen LogP contribution in [0.2, 0.25) is 0 Å². The molecule has 0 aliphatic carbocycles. The number of pyridine rings is 1. The zero-order chi connectivity index (χ0) is 13.7. The highest BCUT2D eigenvalue weighted by Crippen LogP contribution is 2.05. The van der Waals surface area contributed by atoms with Crippen molar-refractivity contribution in [1.29, 1.82) is 0 Å². The molecule has 2 N–H and O–H groups in total. The van der Waals surface area contributed by atoms with Gasteiger partial charge in [-0.05, 0) is 24.6 Å². The molecule has 0 aliphatic rings. The fraction of sp³-hybridized carbons (Fsp3) is 0.200. The number of aromatic nitrogens is 1. The molecule has 1 amide bonds. The zero-order valence-electron chi connectivity index (χ0n) is 11.1. The monoisotopic (exact) mass is 255 g/mol. The van der Waals surface area contributed by atoms with Crippen molar-refractivity contribution in [2.75, 3.05) is 12.4 Å². The molecular weight excluding hydrogens is 238 g/mol. The smallest absolute Gasteiger partial charge is 0.270 e. The average Bonchev–Trinajstić information content (AvgIpc) is 2.46. The molecule has 2 rings (SSSR count). The second-order valence-electron chi connectivity index (χ2n) is 4.33. The summed E-state index contributed by atoms with van der Waals surface area (Å²) in [4.78, 5) is 16.1. The summed E-state index contributed by atoms with van der Waals surface area (Å²) in [7, 11) is 1.77. The molecule has 0 saturated heterocycles. The van der Waals surface area contributed by atoms with Crippen molar-refractivity contribution >= 4 is 11.7 Å².